The Kier molecular flexibility index (Phi) is 4.84. The van der Waals surface area contributed by atoms with Crippen LogP contribution in [0.15, 0.2) is 0 Å². The van der Waals surface area contributed by atoms with Crippen molar-refractivity contribution >= 4 is 5.78 Å². The number of carbonyl (C=O) groups is 1. The normalized spacial score (nSPS) is 26.4. The van der Waals surface area contributed by atoms with Gasteiger partial charge in [0.25, 0.3) is 0 Å². The van der Waals surface area contributed by atoms with Crippen LogP contribution in [0.5, 0.6) is 0 Å². The topological polar surface area (TPSA) is 17.1 Å². The van der Waals surface area contributed by atoms with E-state index in [2.05, 4.69) is 20.8 Å². The van der Waals surface area contributed by atoms with Gasteiger partial charge < -0.3 is 0 Å². The van der Waals surface area contributed by atoms with Gasteiger partial charge in [-0.25, -0.2) is 0 Å². The van der Waals surface area contributed by atoms with Gasteiger partial charge in [-0.1, -0.05) is 20.8 Å². The zero-order chi connectivity index (χ0) is 14.0. The highest BCUT2D eigenvalue weighted by atomic mass is 19.4. The monoisotopic (exact) mass is 264 g/mol. The number of ketones is 1. The first-order valence-electron chi connectivity index (χ1n) is 6.69. The molecule has 0 amide bonds. The molecule has 4 heteroatoms. The molecule has 1 fully saturated rings. The molecule has 0 aliphatic heterocycles. The van der Waals surface area contributed by atoms with Gasteiger partial charge in [-0.2, -0.15) is 13.2 Å². The maximum absolute atomic E-state index is 12.1. The fraction of sp³-hybridized carbons (Fsp3) is 0.929. The summed E-state index contributed by atoms with van der Waals surface area (Å²) in [6.07, 6.45) is -2.20. The molecule has 0 heterocycles. The third kappa shape index (κ3) is 4.99. The van der Waals surface area contributed by atoms with Crippen LogP contribution in [-0.4, -0.2) is 12.0 Å². The number of hydrogen-bond acceptors (Lipinski definition) is 1. The van der Waals surface area contributed by atoms with Gasteiger partial charge >= 0.3 is 6.18 Å². The molecule has 1 aliphatic carbocycles. The van der Waals surface area contributed by atoms with Gasteiger partial charge in [0.2, 0.25) is 0 Å². The second-order valence-electron chi connectivity index (χ2n) is 6.51. The van der Waals surface area contributed by atoms with E-state index in [-0.39, 0.29) is 23.5 Å². The van der Waals surface area contributed by atoms with Crippen LogP contribution in [0.1, 0.15) is 59.3 Å². The number of hydrogen-bond donors (Lipinski definition) is 0. The Hall–Kier alpha value is -0.540. The maximum atomic E-state index is 12.1. The highest BCUT2D eigenvalue weighted by Gasteiger charge is 2.35. The van der Waals surface area contributed by atoms with Crippen LogP contribution in [0, 0.1) is 17.3 Å². The van der Waals surface area contributed by atoms with Gasteiger partial charge in [-0.15, -0.1) is 0 Å². The molecule has 1 aliphatic rings. The Labute approximate surface area is 107 Å². The Morgan fingerprint density at radius 2 is 1.83 bits per heavy atom. The first-order chi connectivity index (χ1) is 8.09. The molecule has 0 spiro atoms. The highest BCUT2D eigenvalue weighted by molar-refractivity contribution is 5.81. The molecular formula is C14H23F3O. The SMILES string of the molecule is CC(C)(C)C1CCC(=O)C(CCCC(F)(F)F)C1. The molecular weight excluding hydrogens is 241 g/mol. The molecule has 0 aromatic carbocycles. The van der Waals surface area contributed by atoms with Crippen LogP contribution in [0.3, 0.4) is 0 Å². The van der Waals surface area contributed by atoms with Crippen LogP contribution in [0.25, 0.3) is 0 Å². The summed E-state index contributed by atoms with van der Waals surface area (Å²) < 4.78 is 36.3. The van der Waals surface area contributed by atoms with Crippen molar-refractivity contribution in [2.24, 2.45) is 17.3 Å². The lowest BCUT2D eigenvalue weighted by Crippen LogP contribution is -2.32. The van der Waals surface area contributed by atoms with Crippen molar-refractivity contribution in [3.05, 3.63) is 0 Å². The summed E-state index contributed by atoms with van der Waals surface area (Å²) in [6, 6.07) is 0. The van der Waals surface area contributed by atoms with E-state index >= 15 is 0 Å². The molecule has 1 rings (SSSR count). The summed E-state index contributed by atoms with van der Waals surface area (Å²) in [6.45, 7) is 6.42. The number of alkyl halides is 3. The van der Waals surface area contributed by atoms with Gasteiger partial charge in [-0.3, -0.25) is 4.79 Å². The molecule has 2 atom stereocenters. The third-order valence-electron chi connectivity index (χ3n) is 4.00. The van der Waals surface area contributed by atoms with Gasteiger partial charge in [0.15, 0.2) is 0 Å². The summed E-state index contributed by atoms with van der Waals surface area (Å²) >= 11 is 0. The van der Waals surface area contributed by atoms with E-state index < -0.39 is 12.6 Å². The van der Waals surface area contributed by atoms with E-state index in [4.69, 9.17) is 0 Å². The lowest BCUT2D eigenvalue weighted by atomic mass is 9.68. The van der Waals surface area contributed by atoms with E-state index in [0.717, 1.165) is 12.8 Å². The van der Waals surface area contributed by atoms with Gasteiger partial charge in [-0.05, 0) is 37.0 Å². The second kappa shape index (κ2) is 5.62. The Morgan fingerprint density at radius 3 is 2.33 bits per heavy atom. The third-order valence-corrected chi connectivity index (χ3v) is 4.00. The summed E-state index contributed by atoms with van der Waals surface area (Å²) in [4.78, 5) is 11.7. The average Bonchev–Trinajstić information content (AvgIpc) is 2.17. The van der Waals surface area contributed by atoms with Gasteiger partial charge in [0.05, 0.1) is 0 Å². The van der Waals surface area contributed by atoms with Crippen molar-refractivity contribution in [3.8, 4) is 0 Å². The number of carbonyl (C=O) groups excluding carboxylic acids is 1. The highest BCUT2D eigenvalue weighted by Crippen LogP contribution is 2.40. The predicted molar refractivity (Wildman–Crippen MR) is 65.2 cm³/mol. The quantitative estimate of drug-likeness (QED) is 0.719. The summed E-state index contributed by atoms with van der Waals surface area (Å²) in [5.74, 6) is 0.467. The zero-order valence-electron chi connectivity index (χ0n) is 11.4. The molecule has 0 bridgehead atoms. The van der Waals surface area contributed by atoms with E-state index in [9.17, 15) is 18.0 Å². The molecule has 0 N–H and O–H groups in total. The fourth-order valence-corrected chi connectivity index (χ4v) is 2.73. The van der Waals surface area contributed by atoms with Crippen molar-refractivity contribution in [1.29, 1.82) is 0 Å². The number of Topliss-reactive ketones (excluding diaryl/α,β-unsaturated/α-hetero) is 1. The molecule has 18 heavy (non-hydrogen) atoms. The van der Waals surface area contributed by atoms with Crippen LogP contribution < -0.4 is 0 Å². The molecule has 0 radical (unpaired) electrons. The zero-order valence-corrected chi connectivity index (χ0v) is 11.4. The number of halogens is 3. The maximum Gasteiger partial charge on any atom is 0.389 e. The standard InChI is InChI=1S/C14H23F3O/c1-13(2,3)11-6-7-12(18)10(9-11)5-4-8-14(15,16)17/h10-11H,4-9H2,1-3H3. The van der Waals surface area contributed by atoms with E-state index in [1.54, 1.807) is 0 Å². The Bertz CT molecular complexity index is 288. The Balaban J connectivity index is 2.46. The second-order valence-corrected chi connectivity index (χ2v) is 6.51. The first-order valence-corrected chi connectivity index (χ1v) is 6.69. The fourth-order valence-electron chi connectivity index (χ4n) is 2.73. The molecule has 1 saturated carbocycles. The predicted octanol–water partition coefficient (Wildman–Crippen LogP) is 4.75. The van der Waals surface area contributed by atoms with Crippen molar-refractivity contribution in [2.75, 3.05) is 0 Å². The minimum absolute atomic E-state index is 0.0801. The van der Waals surface area contributed by atoms with Crippen molar-refractivity contribution in [3.63, 3.8) is 0 Å². The molecule has 0 aromatic rings. The average molecular weight is 264 g/mol. The van der Waals surface area contributed by atoms with E-state index in [1.807, 2.05) is 0 Å². The lowest BCUT2D eigenvalue weighted by Gasteiger charge is -2.37. The van der Waals surface area contributed by atoms with Crippen LogP contribution in [-0.2, 0) is 4.79 Å². The van der Waals surface area contributed by atoms with E-state index in [0.29, 0.717) is 18.8 Å². The van der Waals surface area contributed by atoms with Crippen LogP contribution >= 0.6 is 0 Å². The molecule has 2 unspecified atom stereocenters. The summed E-state index contributed by atoms with van der Waals surface area (Å²) in [7, 11) is 0. The smallest absolute Gasteiger partial charge is 0.299 e. The summed E-state index contributed by atoms with van der Waals surface area (Å²) in [5.41, 5.74) is 0.142. The van der Waals surface area contributed by atoms with Crippen LogP contribution in [0.4, 0.5) is 13.2 Å². The minimum atomic E-state index is -4.10. The Morgan fingerprint density at radius 1 is 1.22 bits per heavy atom. The molecule has 0 aromatic heterocycles. The largest absolute Gasteiger partial charge is 0.389 e. The van der Waals surface area contributed by atoms with Gasteiger partial charge in [0, 0.05) is 18.8 Å². The lowest BCUT2D eigenvalue weighted by molar-refractivity contribution is -0.138. The summed E-state index contributed by atoms with van der Waals surface area (Å²) in [5, 5.41) is 0. The molecule has 0 saturated heterocycles. The van der Waals surface area contributed by atoms with Crippen molar-refractivity contribution in [1.82, 2.24) is 0 Å². The van der Waals surface area contributed by atoms with Gasteiger partial charge in [0.1, 0.15) is 5.78 Å². The molecule has 106 valence electrons. The van der Waals surface area contributed by atoms with Crippen molar-refractivity contribution in [2.45, 2.75) is 65.5 Å². The first kappa shape index (κ1) is 15.5. The van der Waals surface area contributed by atoms with Crippen LogP contribution in [0.2, 0.25) is 0 Å². The van der Waals surface area contributed by atoms with E-state index in [1.165, 1.54) is 0 Å². The van der Waals surface area contributed by atoms with Crippen molar-refractivity contribution < 1.29 is 18.0 Å². The molecule has 1 nitrogen and oxygen atoms in total. The number of rotatable bonds is 3. The minimum Gasteiger partial charge on any atom is -0.299 e.